The molecule has 20 heavy (non-hydrogen) atoms. The molecule has 0 aliphatic carbocycles. The Kier molecular flexibility index (Phi) is 6.01. The zero-order chi connectivity index (χ0) is 14.0. The van der Waals surface area contributed by atoms with Crippen molar-refractivity contribution < 1.29 is 8.42 Å². The van der Waals surface area contributed by atoms with Gasteiger partial charge in [0.1, 0.15) is 0 Å². The number of rotatable bonds is 3. The lowest BCUT2D eigenvalue weighted by Crippen LogP contribution is -2.44. The van der Waals surface area contributed by atoms with Crippen molar-refractivity contribution in [3.63, 3.8) is 0 Å². The molecule has 1 fully saturated rings. The van der Waals surface area contributed by atoms with Crippen molar-refractivity contribution in [3.05, 3.63) is 29.3 Å². The molecule has 4 nitrogen and oxygen atoms in total. The first-order valence-corrected chi connectivity index (χ1v) is 8.14. The summed E-state index contributed by atoms with van der Waals surface area (Å²) in [6.45, 7) is 5.03. The van der Waals surface area contributed by atoms with Crippen LogP contribution in [-0.2, 0) is 10.0 Å². The van der Waals surface area contributed by atoms with Crippen molar-refractivity contribution in [1.82, 2.24) is 9.62 Å². The van der Waals surface area contributed by atoms with Crippen molar-refractivity contribution in [2.24, 2.45) is 0 Å². The second-order valence-corrected chi connectivity index (χ2v) is 7.14. The number of aryl methyl sites for hydroxylation is 2. The predicted molar refractivity (Wildman–Crippen MR) is 84.0 cm³/mol. The molecule has 1 saturated heterocycles. The highest BCUT2D eigenvalue weighted by atomic mass is 35.5. The summed E-state index contributed by atoms with van der Waals surface area (Å²) in [5.74, 6) is 0. The minimum absolute atomic E-state index is 0. The van der Waals surface area contributed by atoms with Gasteiger partial charge in [-0.2, -0.15) is 4.31 Å². The third kappa shape index (κ3) is 3.52. The predicted octanol–water partition coefficient (Wildman–Crippen LogP) is 2.10. The lowest BCUT2D eigenvalue weighted by Gasteiger charge is -2.31. The van der Waals surface area contributed by atoms with Gasteiger partial charge in [0.25, 0.3) is 0 Å². The van der Waals surface area contributed by atoms with Crippen LogP contribution in [0, 0.1) is 13.8 Å². The Balaban J connectivity index is 0.00000200. The van der Waals surface area contributed by atoms with E-state index in [2.05, 4.69) is 5.32 Å². The minimum atomic E-state index is -3.34. The van der Waals surface area contributed by atoms with Gasteiger partial charge in [-0.05, 0) is 45.4 Å². The van der Waals surface area contributed by atoms with Crippen LogP contribution < -0.4 is 5.32 Å². The lowest BCUT2D eigenvalue weighted by molar-refractivity contribution is 0.298. The average molecular weight is 319 g/mol. The van der Waals surface area contributed by atoms with E-state index >= 15 is 0 Å². The smallest absolute Gasteiger partial charge is 0.243 e. The first kappa shape index (κ1) is 17.4. The third-order valence-corrected chi connectivity index (χ3v) is 5.87. The number of hydrogen-bond donors (Lipinski definition) is 1. The number of nitrogens with one attached hydrogen (secondary N) is 1. The van der Waals surface area contributed by atoms with E-state index in [9.17, 15) is 8.42 Å². The molecule has 1 heterocycles. The van der Waals surface area contributed by atoms with Crippen LogP contribution in [0.4, 0.5) is 0 Å². The van der Waals surface area contributed by atoms with Gasteiger partial charge in [0.2, 0.25) is 10.0 Å². The molecule has 1 aliphatic heterocycles. The molecular formula is C14H23ClN2O2S. The van der Waals surface area contributed by atoms with Gasteiger partial charge in [0.15, 0.2) is 0 Å². The Morgan fingerprint density at radius 3 is 2.30 bits per heavy atom. The summed E-state index contributed by atoms with van der Waals surface area (Å²) in [7, 11) is -1.41. The Labute approximate surface area is 128 Å². The van der Waals surface area contributed by atoms with Crippen LogP contribution in [0.5, 0.6) is 0 Å². The van der Waals surface area contributed by atoms with E-state index in [-0.39, 0.29) is 12.4 Å². The van der Waals surface area contributed by atoms with E-state index in [1.165, 1.54) is 0 Å². The van der Waals surface area contributed by atoms with Gasteiger partial charge in [-0.3, -0.25) is 0 Å². The van der Waals surface area contributed by atoms with Crippen LogP contribution in [0.25, 0.3) is 0 Å². The van der Waals surface area contributed by atoms with Gasteiger partial charge < -0.3 is 5.32 Å². The van der Waals surface area contributed by atoms with Gasteiger partial charge in [-0.25, -0.2) is 8.42 Å². The summed E-state index contributed by atoms with van der Waals surface area (Å²) in [6, 6.07) is 5.95. The molecule has 114 valence electrons. The largest absolute Gasteiger partial charge is 0.317 e. The molecule has 1 aromatic rings. The summed E-state index contributed by atoms with van der Waals surface area (Å²) < 4.78 is 26.8. The quantitative estimate of drug-likeness (QED) is 0.928. The maximum atomic E-state index is 12.6. The number of halogens is 1. The summed E-state index contributed by atoms with van der Waals surface area (Å²) in [4.78, 5) is 0.445. The molecule has 0 bridgehead atoms. The second kappa shape index (κ2) is 6.89. The molecule has 0 aromatic heterocycles. The Morgan fingerprint density at radius 1 is 1.20 bits per heavy atom. The zero-order valence-electron chi connectivity index (χ0n) is 12.2. The molecule has 6 heteroatoms. The van der Waals surface area contributed by atoms with Gasteiger partial charge in [0, 0.05) is 19.1 Å². The maximum Gasteiger partial charge on any atom is 0.243 e. The Morgan fingerprint density at radius 2 is 1.80 bits per heavy atom. The van der Waals surface area contributed by atoms with Crippen molar-refractivity contribution >= 4 is 22.4 Å². The molecule has 1 aliphatic rings. The number of nitrogens with zero attached hydrogens (tertiary/aromatic N) is 1. The van der Waals surface area contributed by atoms with E-state index in [1.54, 1.807) is 10.4 Å². The SMILES string of the molecule is CNC1CCN(S(=O)(=O)c2ccc(C)cc2C)CC1.Cl. The topological polar surface area (TPSA) is 49.4 Å². The van der Waals surface area contributed by atoms with Gasteiger partial charge >= 0.3 is 0 Å². The van der Waals surface area contributed by atoms with Crippen molar-refractivity contribution in [2.45, 2.75) is 37.6 Å². The summed E-state index contributed by atoms with van der Waals surface area (Å²) in [5.41, 5.74) is 1.92. The highest BCUT2D eigenvalue weighted by Gasteiger charge is 2.29. The third-order valence-electron chi connectivity index (χ3n) is 3.81. The van der Waals surface area contributed by atoms with Crippen molar-refractivity contribution in [2.75, 3.05) is 20.1 Å². The van der Waals surface area contributed by atoms with E-state index in [4.69, 9.17) is 0 Å². The molecule has 0 amide bonds. The van der Waals surface area contributed by atoms with Crippen LogP contribution in [0.2, 0.25) is 0 Å². The van der Waals surface area contributed by atoms with E-state index in [1.807, 2.05) is 33.0 Å². The summed E-state index contributed by atoms with van der Waals surface area (Å²) >= 11 is 0. The fourth-order valence-corrected chi connectivity index (χ4v) is 4.29. The first-order chi connectivity index (χ1) is 8.95. The van der Waals surface area contributed by atoms with Gasteiger partial charge in [0.05, 0.1) is 4.90 Å². The summed E-state index contributed by atoms with van der Waals surface area (Å²) in [5, 5.41) is 3.21. The lowest BCUT2D eigenvalue weighted by atomic mass is 10.1. The number of benzene rings is 1. The van der Waals surface area contributed by atoms with Crippen LogP contribution in [0.15, 0.2) is 23.1 Å². The van der Waals surface area contributed by atoms with E-state index in [0.29, 0.717) is 24.0 Å². The molecule has 0 atom stereocenters. The summed E-state index contributed by atoms with van der Waals surface area (Å²) in [6.07, 6.45) is 1.75. The van der Waals surface area contributed by atoms with E-state index < -0.39 is 10.0 Å². The van der Waals surface area contributed by atoms with Gasteiger partial charge in [-0.15, -0.1) is 12.4 Å². The molecule has 0 unspecified atom stereocenters. The molecule has 1 aromatic carbocycles. The molecule has 1 N–H and O–H groups in total. The van der Waals surface area contributed by atoms with Crippen molar-refractivity contribution in [1.29, 1.82) is 0 Å². The molecule has 0 radical (unpaired) electrons. The van der Waals surface area contributed by atoms with Crippen LogP contribution >= 0.6 is 12.4 Å². The van der Waals surface area contributed by atoms with Crippen LogP contribution in [0.3, 0.4) is 0 Å². The van der Waals surface area contributed by atoms with Crippen molar-refractivity contribution in [3.8, 4) is 0 Å². The van der Waals surface area contributed by atoms with Crippen LogP contribution in [-0.4, -0.2) is 38.9 Å². The normalized spacial score (nSPS) is 17.8. The Hall–Kier alpha value is -0.620. The van der Waals surface area contributed by atoms with Gasteiger partial charge in [-0.1, -0.05) is 17.7 Å². The van der Waals surface area contributed by atoms with Crippen LogP contribution in [0.1, 0.15) is 24.0 Å². The monoisotopic (exact) mass is 318 g/mol. The average Bonchev–Trinajstić information content (AvgIpc) is 2.38. The highest BCUT2D eigenvalue weighted by Crippen LogP contribution is 2.23. The highest BCUT2D eigenvalue weighted by molar-refractivity contribution is 7.89. The number of piperidine rings is 1. The fraction of sp³-hybridized carbons (Fsp3) is 0.571. The van der Waals surface area contributed by atoms with E-state index in [0.717, 1.165) is 24.0 Å². The Bertz CT molecular complexity index is 552. The molecule has 0 spiro atoms. The second-order valence-electron chi connectivity index (χ2n) is 5.24. The first-order valence-electron chi connectivity index (χ1n) is 6.70. The standard InChI is InChI=1S/C14H22N2O2S.ClH/c1-11-4-5-14(12(2)10-11)19(17,18)16-8-6-13(15-3)7-9-16;/h4-5,10,13,15H,6-9H2,1-3H3;1H. The fourth-order valence-electron chi connectivity index (χ4n) is 2.61. The number of hydrogen-bond acceptors (Lipinski definition) is 3. The minimum Gasteiger partial charge on any atom is -0.317 e. The zero-order valence-corrected chi connectivity index (χ0v) is 13.9. The molecule has 2 rings (SSSR count). The molecular weight excluding hydrogens is 296 g/mol. The maximum absolute atomic E-state index is 12.6. The number of sulfonamides is 1. The molecule has 0 saturated carbocycles.